The molecular formula is C13H15Cl2NO. The molecule has 2 atom stereocenters. The topological polar surface area (TPSA) is 21.3 Å². The van der Waals surface area contributed by atoms with Gasteiger partial charge in [0.1, 0.15) is 5.75 Å². The second-order valence-corrected chi connectivity index (χ2v) is 5.80. The van der Waals surface area contributed by atoms with Crippen LogP contribution >= 0.6 is 23.2 Å². The van der Waals surface area contributed by atoms with E-state index in [4.69, 9.17) is 27.9 Å². The standard InChI is InChI=1S/C13H15Cl2NO/c1-7-4-11(16-9-2-3-9)13-10(15)5-8(14)6-12(13)17-7/h5-7,9,11,16H,2-4H2,1H3. The van der Waals surface area contributed by atoms with Crippen LogP contribution in [0.25, 0.3) is 0 Å². The number of hydrogen-bond donors (Lipinski definition) is 1. The largest absolute Gasteiger partial charge is 0.490 e. The fraction of sp³-hybridized carbons (Fsp3) is 0.538. The zero-order valence-corrected chi connectivity index (χ0v) is 11.2. The molecule has 1 aromatic carbocycles. The Morgan fingerprint density at radius 1 is 1.29 bits per heavy atom. The number of nitrogens with one attached hydrogen (secondary N) is 1. The fourth-order valence-corrected chi connectivity index (χ4v) is 3.00. The van der Waals surface area contributed by atoms with E-state index in [-0.39, 0.29) is 6.10 Å². The highest BCUT2D eigenvalue weighted by Gasteiger charge is 2.32. The molecule has 0 aromatic heterocycles. The van der Waals surface area contributed by atoms with Crippen LogP contribution in [0.5, 0.6) is 5.75 Å². The van der Waals surface area contributed by atoms with E-state index in [0.29, 0.717) is 22.1 Å². The maximum absolute atomic E-state index is 6.29. The molecule has 0 bridgehead atoms. The van der Waals surface area contributed by atoms with Gasteiger partial charge in [0.05, 0.1) is 11.1 Å². The molecule has 17 heavy (non-hydrogen) atoms. The molecule has 92 valence electrons. The summed E-state index contributed by atoms with van der Waals surface area (Å²) in [5.41, 5.74) is 1.07. The number of benzene rings is 1. The molecule has 1 aliphatic carbocycles. The highest BCUT2D eigenvalue weighted by atomic mass is 35.5. The normalized spacial score (nSPS) is 27.5. The van der Waals surface area contributed by atoms with E-state index in [1.165, 1.54) is 12.8 Å². The molecule has 2 aliphatic rings. The van der Waals surface area contributed by atoms with Gasteiger partial charge in [-0.3, -0.25) is 0 Å². The Kier molecular flexibility index (Phi) is 2.97. The summed E-state index contributed by atoms with van der Waals surface area (Å²) in [4.78, 5) is 0. The zero-order valence-electron chi connectivity index (χ0n) is 9.67. The smallest absolute Gasteiger partial charge is 0.127 e. The van der Waals surface area contributed by atoms with Gasteiger partial charge in [0.2, 0.25) is 0 Å². The van der Waals surface area contributed by atoms with E-state index in [2.05, 4.69) is 12.2 Å². The van der Waals surface area contributed by atoms with E-state index in [9.17, 15) is 0 Å². The SMILES string of the molecule is CC1CC(NC2CC2)c2c(Cl)cc(Cl)cc2O1. The van der Waals surface area contributed by atoms with E-state index in [0.717, 1.165) is 17.7 Å². The van der Waals surface area contributed by atoms with Gasteiger partial charge in [-0.15, -0.1) is 0 Å². The highest BCUT2D eigenvalue weighted by Crippen LogP contribution is 2.42. The lowest BCUT2D eigenvalue weighted by Gasteiger charge is -2.32. The van der Waals surface area contributed by atoms with Crippen molar-refractivity contribution < 1.29 is 4.74 Å². The maximum atomic E-state index is 6.29. The summed E-state index contributed by atoms with van der Waals surface area (Å²) >= 11 is 12.3. The van der Waals surface area contributed by atoms with Crippen molar-refractivity contribution in [3.63, 3.8) is 0 Å². The molecule has 1 aliphatic heterocycles. The van der Waals surface area contributed by atoms with Gasteiger partial charge in [-0.05, 0) is 31.9 Å². The molecule has 1 heterocycles. The first kappa shape index (κ1) is 11.6. The Labute approximate surface area is 111 Å². The van der Waals surface area contributed by atoms with Crippen LogP contribution in [0.15, 0.2) is 12.1 Å². The van der Waals surface area contributed by atoms with Gasteiger partial charge in [-0.1, -0.05) is 23.2 Å². The summed E-state index contributed by atoms with van der Waals surface area (Å²) in [7, 11) is 0. The maximum Gasteiger partial charge on any atom is 0.127 e. The molecular weight excluding hydrogens is 257 g/mol. The first-order valence-electron chi connectivity index (χ1n) is 6.05. The van der Waals surface area contributed by atoms with Crippen LogP contribution < -0.4 is 10.1 Å². The second-order valence-electron chi connectivity index (χ2n) is 4.96. The van der Waals surface area contributed by atoms with Gasteiger partial charge in [0.15, 0.2) is 0 Å². The van der Waals surface area contributed by atoms with Crippen molar-refractivity contribution >= 4 is 23.2 Å². The van der Waals surface area contributed by atoms with Crippen LogP contribution in [0.2, 0.25) is 10.0 Å². The molecule has 3 rings (SSSR count). The number of hydrogen-bond acceptors (Lipinski definition) is 2. The number of fused-ring (bicyclic) bond motifs is 1. The molecule has 1 saturated carbocycles. The minimum Gasteiger partial charge on any atom is -0.490 e. The summed E-state index contributed by atoms with van der Waals surface area (Å²) < 4.78 is 5.82. The molecule has 4 heteroatoms. The van der Waals surface area contributed by atoms with Gasteiger partial charge in [-0.25, -0.2) is 0 Å². The lowest BCUT2D eigenvalue weighted by Crippen LogP contribution is -2.32. The van der Waals surface area contributed by atoms with E-state index < -0.39 is 0 Å². The predicted octanol–water partition coefficient (Wildman–Crippen LogP) is 3.96. The first-order valence-corrected chi connectivity index (χ1v) is 6.80. The van der Waals surface area contributed by atoms with Crippen LogP contribution in [0.1, 0.15) is 37.8 Å². The number of rotatable bonds is 2. The zero-order chi connectivity index (χ0) is 12.0. The predicted molar refractivity (Wildman–Crippen MR) is 70.1 cm³/mol. The average molecular weight is 272 g/mol. The summed E-state index contributed by atoms with van der Waals surface area (Å²) in [6.45, 7) is 2.08. The van der Waals surface area contributed by atoms with Crippen LogP contribution in [0.3, 0.4) is 0 Å². The molecule has 1 N–H and O–H groups in total. The van der Waals surface area contributed by atoms with Gasteiger partial charge in [0.25, 0.3) is 0 Å². The van der Waals surface area contributed by atoms with Crippen molar-refractivity contribution in [2.75, 3.05) is 0 Å². The minimum absolute atomic E-state index is 0.202. The van der Waals surface area contributed by atoms with Gasteiger partial charge < -0.3 is 10.1 Å². The Balaban J connectivity index is 1.97. The Morgan fingerprint density at radius 3 is 2.76 bits per heavy atom. The molecule has 0 radical (unpaired) electrons. The van der Waals surface area contributed by atoms with Crippen molar-refractivity contribution in [2.24, 2.45) is 0 Å². The summed E-state index contributed by atoms with van der Waals surface area (Å²) in [6, 6.07) is 4.61. The van der Waals surface area contributed by atoms with E-state index >= 15 is 0 Å². The quantitative estimate of drug-likeness (QED) is 0.879. The van der Waals surface area contributed by atoms with Crippen molar-refractivity contribution in [1.82, 2.24) is 5.32 Å². The number of ether oxygens (including phenoxy) is 1. The lowest BCUT2D eigenvalue weighted by molar-refractivity contribution is 0.166. The van der Waals surface area contributed by atoms with Gasteiger partial charge in [0, 0.05) is 29.1 Å². The average Bonchev–Trinajstić information content (AvgIpc) is 2.99. The summed E-state index contributed by atoms with van der Waals surface area (Å²) in [5.74, 6) is 0.833. The molecule has 0 spiro atoms. The molecule has 2 nitrogen and oxygen atoms in total. The molecule has 0 saturated heterocycles. The lowest BCUT2D eigenvalue weighted by atomic mass is 9.97. The Morgan fingerprint density at radius 2 is 2.06 bits per heavy atom. The van der Waals surface area contributed by atoms with Crippen LogP contribution in [-0.2, 0) is 0 Å². The minimum atomic E-state index is 0.202. The van der Waals surface area contributed by atoms with Gasteiger partial charge in [-0.2, -0.15) is 0 Å². The third kappa shape index (κ3) is 2.40. The third-order valence-electron chi connectivity index (χ3n) is 3.31. The van der Waals surface area contributed by atoms with Crippen molar-refractivity contribution in [1.29, 1.82) is 0 Å². The summed E-state index contributed by atoms with van der Waals surface area (Å²) in [5, 5.41) is 4.97. The van der Waals surface area contributed by atoms with Crippen LogP contribution in [-0.4, -0.2) is 12.1 Å². The van der Waals surface area contributed by atoms with Crippen molar-refractivity contribution in [3.05, 3.63) is 27.7 Å². The van der Waals surface area contributed by atoms with Crippen molar-refractivity contribution in [3.8, 4) is 5.75 Å². The second kappa shape index (κ2) is 4.34. The number of halogens is 2. The van der Waals surface area contributed by atoms with E-state index in [1.54, 1.807) is 6.07 Å². The monoisotopic (exact) mass is 271 g/mol. The molecule has 2 unspecified atom stereocenters. The fourth-order valence-electron chi connectivity index (χ4n) is 2.40. The highest BCUT2D eigenvalue weighted by molar-refractivity contribution is 6.35. The van der Waals surface area contributed by atoms with Crippen LogP contribution in [0, 0.1) is 0 Å². The molecule has 0 amide bonds. The molecule has 1 aromatic rings. The van der Waals surface area contributed by atoms with Gasteiger partial charge >= 0.3 is 0 Å². The van der Waals surface area contributed by atoms with Crippen molar-refractivity contribution in [2.45, 2.75) is 44.4 Å². The summed E-state index contributed by atoms with van der Waals surface area (Å²) in [6.07, 6.45) is 3.71. The van der Waals surface area contributed by atoms with E-state index in [1.807, 2.05) is 6.07 Å². The Hall–Kier alpha value is -0.440. The van der Waals surface area contributed by atoms with Crippen LogP contribution in [0.4, 0.5) is 0 Å². The first-order chi connectivity index (χ1) is 8.13. The molecule has 1 fully saturated rings. The third-order valence-corrected chi connectivity index (χ3v) is 3.85. The Bertz CT molecular complexity index is 445.